The van der Waals surface area contributed by atoms with Crippen LogP contribution in [-0.4, -0.2) is 17.0 Å². The fourth-order valence-corrected chi connectivity index (χ4v) is 9.71. The molecular weight excluding hydrogens is 765 g/mol. The molecule has 6 atom stereocenters. The molecule has 0 saturated carbocycles. The van der Waals surface area contributed by atoms with E-state index in [1.807, 2.05) is 20.8 Å². The van der Waals surface area contributed by atoms with Crippen LogP contribution in [0.25, 0.3) is 0 Å². The second-order valence-corrected chi connectivity index (χ2v) is 19.3. The molecule has 0 aromatic heterocycles. The monoisotopic (exact) mass is 842 g/mol. The molecule has 0 heterocycles. The molecule has 300 valence electrons. The Morgan fingerprint density at radius 3 is 0.694 bits per heavy atom. The summed E-state index contributed by atoms with van der Waals surface area (Å²) in [4.78, 5) is 66.7. The average molecular weight is 841 g/mol. The Hall–Kier alpha value is 1.14. The maximum absolute atomic E-state index is 11.1. The molecular formula is C36H75MoO9P3-6. The first-order chi connectivity index (χ1) is 22.4. The van der Waals surface area contributed by atoms with Crippen LogP contribution in [0.15, 0.2) is 0 Å². The standard InChI is InChI=1S/3C12H27O3P.Mo/c3*1-4-7-9-11(6-3)10-12(8-5-2)16(13,14)15;/h3*11-12H,4-10H2,1-3H3,(H2,13,14,15);/p-6. The van der Waals surface area contributed by atoms with E-state index in [1.165, 1.54) is 0 Å². The quantitative estimate of drug-likeness (QED) is 0.0582. The van der Waals surface area contributed by atoms with Gasteiger partial charge in [0.1, 0.15) is 0 Å². The summed E-state index contributed by atoms with van der Waals surface area (Å²) < 4.78 is 33.4. The zero-order valence-electron chi connectivity index (χ0n) is 32.7. The molecule has 0 aliphatic rings. The molecule has 0 aromatic carbocycles. The molecule has 0 spiro atoms. The third-order valence-electron chi connectivity index (χ3n) is 9.65. The molecule has 0 radical (unpaired) electrons. The SMILES string of the molecule is CCCCC(CC)CC(CCC)P(=O)([O-])[O-].CCCCC(CC)CC(CCC)P(=O)([O-])[O-].CCCCC(CC)CC(CCC)P(=O)([O-])[O-].[Mo]. The van der Waals surface area contributed by atoms with E-state index >= 15 is 0 Å². The van der Waals surface area contributed by atoms with Crippen LogP contribution in [0.4, 0.5) is 0 Å². The summed E-state index contributed by atoms with van der Waals surface area (Å²) >= 11 is 0. The Morgan fingerprint density at radius 1 is 0.367 bits per heavy atom. The summed E-state index contributed by atoms with van der Waals surface area (Å²) in [6.07, 6.45) is 18.4. The van der Waals surface area contributed by atoms with Crippen molar-refractivity contribution in [1.82, 2.24) is 0 Å². The minimum absolute atomic E-state index is 0. The van der Waals surface area contributed by atoms with Crippen LogP contribution in [0.3, 0.4) is 0 Å². The first-order valence-corrected chi connectivity index (χ1v) is 24.2. The van der Waals surface area contributed by atoms with Crippen molar-refractivity contribution in [2.45, 2.75) is 214 Å². The van der Waals surface area contributed by atoms with Crippen LogP contribution < -0.4 is 29.4 Å². The topological polar surface area (TPSA) is 190 Å². The molecule has 0 aromatic rings. The zero-order chi connectivity index (χ0) is 37.8. The summed E-state index contributed by atoms with van der Waals surface area (Å²) in [5, 5.41) is 0. The van der Waals surface area contributed by atoms with Crippen LogP contribution in [0, 0.1) is 17.8 Å². The van der Waals surface area contributed by atoms with Crippen LogP contribution in [0.5, 0.6) is 0 Å². The molecule has 0 aliphatic heterocycles. The van der Waals surface area contributed by atoms with Crippen molar-refractivity contribution in [2.75, 3.05) is 0 Å². The molecule has 0 rings (SSSR count). The van der Waals surface area contributed by atoms with Gasteiger partial charge in [-0.3, -0.25) is 0 Å². The van der Waals surface area contributed by atoms with Crippen LogP contribution in [0.1, 0.15) is 197 Å². The van der Waals surface area contributed by atoms with E-state index in [1.54, 1.807) is 0 Å². The Balaban J connectivity index is -0.000000307. The summed E-state index contributed by atoms with van der Waals surface area (Å²) in [6.45, 7) is 18.4. The van der Waals surface area contributed by atoms with E-state index in [0.717, 1.165) is 96.3 Å². The fourth-order valence-electron chi connectivity index (χ4n) is 6.31. The Kier molecular flexibility index (Phi) is 39.1. The van der Waals surface area contributed by atoms with Gasteiger partial charge in [-0.25, -0.2) is 0 Å². The van der Waals surface area contributed by atoms with Gasteiger partial charge in [0.2, 0.25) is 0 Å². The van der Waals surface area contributed by atoms with Gasteiger partial charge in [0, 0.05) is 21.1 Å². The Labute approximate surface area is 317 Å². The summed E-state index contributed by atoms with van der Waals surface area (Å²) in [5.74, 6) is 1.19. The molecule has 0 saturated heterocycles. The van der Waals surface area contributed by atoms with E-state index in [2.05, 4.69) is 41.5 Å². The van der Waals surface area contributed by atoms with Crippen molar-refractivity contribution in [3.05, 3.63) is 0 Å². The molecule has 0 bridgehead atoms. The molecule has 49 heavy (non-hydrogen) atoms. The van der Waals surface area contributed by atoms with Crippen molar-refractivity contribution in [2.24, 2.45) is 17.8 Å². The van der Waals surface area contributed by atoms with Gasteiger partial charge < -0.3 is 43.1 Å². The van der Waals surface area contributed by atoms with Gasteiger partial charge in [0.15, 0.2) is 0 Å². The molecule has 0 fully saturated rings. The zero-order valence-corrected chi connectivity index (χ0v) is 37.4. The maximum Gasteiger partial charge on any atom is 0 e. The first-order valence-electron chi connectivity index (χ1n) is 19.4. The summed E-state index contributed by atoms with van der Waals surface area (Å²) in [5.41, 5.74) is -1.92. The van der Waals surface area contributed by atoms with Crippen molar-refractivity contribution >= 4 is 22.8 Å². The second kappa shape index (κ2) is 33.7. The van der Waals surface area contributed by atoms with Gasteiger partial charge >= 0.3 is 0 Å². The van der Waals surface area contributed by atoms with E-state index in [0.29, 0.717) is 56.3 Å². The van der Waals surface area contributed by atoms with E-state index in [9.17, 15) is 43.1 Å². The average Bonchev–Trinajstić information content (AvgIpc) is 3.00. The Morgan fingerprint density at radius 2 is 0.571 bits per heavy atom. The van der Waals surface area contributed by atoms with Crippen molar-refractivity contribution in [3.63, 3.8) is 0 Å². The Bertz CT molecular complexity index is 753. The third kappa shape index (κ3) is 32.3. The fraction of sp³-hybridized carbons (Fsp3) is 1.00. The van der Waals surface area contributed by atoms with Crippen LogP contribution in [0.2, 0.25) is 0 Å². The number of rotatable bonds is 27. The molecule has 0 N–H and O–H groups in total. The first kappa shape index (κ1) is 56.9. The number of hydrogen-bond acceptors (Lipinski definition) is 9. The molecule has 0 amide bonds. The van der Waals surface area contributed by atoms with Crippen molar-refractivity contribution < 1.29 is 64.1 Å². The van der Waals surface area contributed by atoms with E-state index in [4.69, 9.17) is 0 Å². The smallest absolute Gasteiger partial charge is 0 e. The van der Waals surface area contributed by atoms with Gasteiger partial charge in [-0.1, -0.05) is 181 Å². The maximum atomic E-state index is 11.1. The van der Waals surface area contributed by atoms with E-state index < -0.39 is 39.8 Å². The molecule has 6 unspecified atom stereocenters. The molecule has 0 aliphatic carbocycles. The van der Waals surface area contributed by atoms with Crippen molar-refractivity contribution in [1.29, 1.82) is 0 Å². The number of unbranched alkanes of at least 4 members (excludes halogenated alkanes) is 3. The van der Waals surface area contributed by atoms with Crippen molar-refractivity contribution in [3.8, 4) is 0 Å². The second-order valence-electron chi connectivity index (χ2n) is 13.9. The van der Waals surface area contributed by atoms with Crippen LogP contribution in [-0.2, 0) is 34.8 Å². The van der Waals surface area contributed by atoms with E-state index in [-0.39, 0.29) is 21.1 Å². The largest absolute Gasteiger partial charge is 0.811 e. The van der Waals surface area contributed by atoms with Gasteiger partial charge in [-0.2, -0.15) is 0 Å². The normalized spacial score (nSPS) is 15.7. The summed E-state index contributed by atoms with van der Waals surface area (Å²) in [6, 6.07) is 0. The minimum Gasteiger partial charge on any atom is -0.811 e. The third-order valence-corrected chi connectivity index (χ3v) is 13.7. The molecule has 13 heteroatoms. The van der Waals surface area contributed by atoms with Crippen LogP contribution >= 0.6 is 22.8 Å². The minimum atomic E-state index is -4.39. The number of hydrogen-bond donors (Lipinski definition) is 0. The van der Waals surface area contributed by atoms with Gasteiger partial charge in [0.05, 0.1) is 0 Å². The predicted octanol–water partition coefficient (Wildman–Crippen LogP) is 8.02. The predicted molar refractivity (Wildman–Crippen MR) is 193 cm³/mol. The van der Waals surface area contributed by atoms with Gasteiger partial charge in [-0.05, 0) is 73.3 Å². The van der Waals surface area contributed by atoms with Gasteiger partial charge in [-0.15, -0.1) is 0 Å². The molecule has 9 nitrogen and oxygen atoms in total. The summed E-state index contributed by atoms with van der Waals surface area (Å²) in [7, 11) is -13.2. The van der Waals surface area contributed by atoms with Gasteiger partial charge in [0.25, 0.3) is 0 Å².